The largest absolute Gasteiger partial charge is 0.384 e. The van der Waals surface area contributed by atoms with Gasteiger partial charge < -0.3 is 5.73 Å². The molecule has 2 N–H and O–H groups in total. The first-order valence-electron chi connectivity index (χ1n) is 4.64. The minimum atomic E-state index is -0.434. The Kier molecular flexibility index (Phi) is 2.51. The van der Waals surface area contributed by atoms with Crippen LogP contribution in [0.5, 0.6) is 0 Å². The molecule has 0 radical (unpaired) electrons. The van der Waals surface area contributed by atoms with Gasteiger partial charge in [-0.2, -0.15) is 0 Å². The van der Waals surface area contributed by atoms with Gasteiger partial charge >= 0.3 is 0 Å². The molecule has 0 amide bonds. The van der Waals surface area contributed by atoms with Crippen LogP contribution >= 0.6 is 0 Å². The van der Waals surface area contributed by atoms with Crippen molar-refractivity contribution in [2.75, 3.05) is 5.73 Å². The Bertz CT molecular complexity index is 523. The van der Waals surface area contributed by atoms with Crippen LogP contribution in [0.1, 0.15) is 0 Å². The molecule has 2 aromatic rings. The third kappa shape index (κ3) is 1.98. The molecule has 0 saturated heterocycles. The average molecular weight is 215 g/mol. The summed E-state index contributed by atoms with van der Waals surface area (Å²) >= 11 is 0. The molecule has 1 aromatic carbocycles. The van der Waals surface area contributed by atoms with Crippen LogP contribution in [0, 0.1) is 10.1 Å². The molecule has 0 bridgehead atoms. The smallest absolute Gasteiger partial charge is 0.269 e. The molecule has 80 valence electrons. The number of aromatic nitrogens is 1. The summed E-state index contributed by atoms with van der Waals surface area (Å²) in [6.45, 7) is 0. The second-order valence-electron chi connectivity index (χ2n) is 3.25. The first-order chi connectivity index (χ1) is 7.66. The minimum absolute atomic E-state index is 0.0626. The van der Waals surface area contributed by atoms with Gasteiger partial charge in [0.15, 0.2) is 0 Å². The average Bonchev–Trinajstić information content (AvgIpc) is 2.29. The summed E-state index contributed by atoms with van der Waals surface area (Å²) in [5.74, 6) is 0.427. The Morgan fingerprint density at radius 3 is 2.38 bits per heavy atom. The Morgan fingerprint density at radius 1 is 1.12 bits per heavy atom. The van der Waals surface area contributed by atoms with Crippen LogP contribution in [-0.2, 0) is 0 Å². The summed E-state index contributed by atoms with van der Waals surface area (Å²) in [4.78, 5) is 14.2. The maximum atomic E-state index is 10.5. The number of non-ortho nitro benzene ring substituents is 1. The summed E-state index contributed by atoms with van der Waals surface area (Å²) in [6.07, 6.45) is 0. The number of benzene rings is 1. The van der Waals surface area contributed by atoms with Crippen molar-refractivity contribution in [1.29, 1.82) is 0 Å². The number of nitrogen functional groups attached to an aromatic ring is 1. The highest BCUT2D eigenvalue weighted by atomic mass is 16.6. The normalized spacial score (nSPS) is 10.0. The van der Waals surface area contributed by atoms with E-state index in [2.05, 4.69) is 4.98 Å². The second-order valence-corrected chi connectivity index (χ2v) is 3.25. The van der Waals surface area contributed by atoms with Gasteiger partial charge in [0.05, 0.1) is 10.6 Å². The van der Waals surface area contributed by atoms with Gasteiger partial charge in [0.2, 0.25) is 0 Å². The summed E-state index contributed by atoms with van der Waals surface area (Å²) in [5.41, 5.74) is 7.12. The molecule has 0 aliphatic rings. The first-order valence-corrected chi connectivity index (χ1v) is 4.64. The van der Waals surface area contributed by atoms with Gasteiger partial charge in [0.1, 0.15) is 5.82 Å². The highest BCUT2D eigenvalue weighted by Crippen LogP contribution is 2.21. The predicted molar refractivity (Wildman–Crippen MR) is 60.7 cm³/mol. The molecule has 5 heteroatoms. The Hall–Kier alpha value is -2.43. The lowest BCUT2D eigenvalue weighted by atomic mass is 10.1. The van der Waals surface area contributed by atoms with Gasteiger partial charge in [-0.15, -0.1) is 0 Å². The van der Waals surface area contributed by atoms with E-state index in [-0.39, 0.29) is 5.69 Å². The quantitative estimate of drug-likeness (QED) is 0.615. The van der Waals surface area contributed by atoms with Crippen molar-refractivity contribution in [3.63, 3.8) is 0 Å². The number of rotatable bonds is 2. The van der Waals surface area contributed by atoms with Gasteiger partial charge in [-0.25, -0.2) is 4.98 Å². The van der Waals surface area contributed by atoms with Gasteiger partial charge in [0.25, 0.3) is 5.69 Å². The minimum Gasteiger partial charge on any atom is -0.384 e. The van der Waals surface area contributed by atoms with E-state index in [0.29, 0.717) is 11.5 Å². The molecular weight excluding hydrogens is 206 g/mol. The number of anilines is 1. The van der Waals surface area contributed by atoms with Crippen molar-refractivity contribution in [3.05, 3.63) is 52.6 Å². The zero-order valence-corrected chi connectivity index (χ0v) is 8.33. The molecule has 1 heterocycles. The first kappa shape index (κ1) is 10.1. The van der Waals surface area contributed by atoms with Crippen LogP contribution in [0.25, 0.3) is 11.3 Å². The maximum Gasteiger partial charge on any atom is 0.269 e. The van der Waals surface area contributed by atoms with E-state index in [1.165, 1.54) is 12.1 Å². The zero-order valence-electron chi connectivity index (χ0n) is 8.33. The fraction of sp³-hybridized carbons (Fsp3) is 0. The van der Waals surface area contributed by atoms with Crippen molar-refractivity contribution in [2.24, 2.45) is 0 Å². The number of pyridine rings is 1. The summed E-state index contributed by atoms with van der Waals surface area (Å²) in [7, 11) is 0. The van der Waals surface area contributed by atoms with E-state index in [9.17, 15) is 10.1 Å². The summed E-state index contributed by atoms with van der Waals surface area (Å²) < 4.78 is 0. The van der Waals surface area contributed by atoms with E-state index in [1.54, 1.807) is 30.3 Å². The predicted octanol–water partition coefficient (Wildman–Crippen LogP) is 2.24. The number of hydrogen-bond acceptors (Lipinski definition) is 4. The Balaban J connectivity index is 2.38. The standard InChI is InChI=1S/C11H9N3O2/c12-11-3-1-2-10(13-11)8-4-6-9(7-5-8)14(15)16/h1-7H,(H2,12,13). The molecule has 0 aliphatic heterocycles. The SMILES string of the molecule is Nc1cccc(-c2ccc([N+](=O)[O-])cc2)n1. The molecule has 5 nitrogen and oxygen atoms in total. The lowest BCUT2D eigenvalue weighted by Gasteiger charge is -2.01. The van der Waals surface area contributed by atoms with Crippen LogP contribution in [0.4, 0.5) is 11.5 Å². The summed E-state index contributed by atoms with van der Waals surface area (Å²) in [5, 5.41) is 10.5. The lowest BCUT2D eigenvalue weighted by Crippen LogP contribution is -1.92. The molecule has 1 aromatic heterocycles. The number of hydrogen-bond donors (Lipinski definition) is 1. The van der Waals surface area contributed by atoms with Gasteiger partial charge in [-0.3, -0.25) is 10.1 Å². The number of nitrogens with zero attached hydrogens (tertiary/aromatic N) is 2. The molecule has 16 heavy (non-hydrogen) atoms. The highest BCUT2D eigenvalue weighted by Gasteiger charge is 2.05. The van der Waals surface area contributed by atoms with E-state index in [0.717, 1.165) is 5.56 Å². The number of nitro groups is 1. The van der Waals surface area contributed by atoms with Gasteiger partial charge in [-0.05, 0) is 24.3 Å². The van der Waals surface area contributed by atoms with E-state index >= 15 is 0 Å². The summed E-state index contributed by atoms with van der Waals surface area (Å²) in [6, 6.07) is 11.5. The van der Waals surface area contributed by atoms with Crippen LogP contribution in [0.15, 0.2) is 42.5 Å². The number of nitro benzene ring substituents is 1. The lowest BCUT2D eigenvalue weighted by molar-refractivity contribution is -0.384. The number of nitrogens with two attached hydrogens (primary N) is 1. The highest BCUT2D eigenvalue weighted by molar-refractivity contribution is 5.62. The van der Waals surface area contributed by atoms with Crippen molar-refractivity contribution in [1.82, 2.24) is 4.98 Å². The van der Waals surface area contributed by atoms with Crippen LogP contribution < -0.4 is 5.73 Å². The third-order valence-corrected chi connectivity index (χ3v) is 2.14. The topological polar surface area (TPSA) is 82.0 Å². The molecule has 2 rings (SSSR count). The van der Waals surface area contributed by atoms with Crippen LogP contribution in [0.3, 0.4) is 0 Å². The molecule has 0 aliphatic carbocycles. The Labute approximate surface area is 91.7 Å². The van der Waals surface area contributed by atoms with E-state index < -0.39 is 4.92 Å². The van der Waals surface area contributed by atoms with Crippen LogP contribution in [0.2, 0.25) is 0 Å². The fourth-order valence-electron chi connectivity index (χ4n) is 1.37. The zero-order chi connectivity index (χ0) is 11.5. The molecule has 0 fully saturated rings. The third-order valence-electron chi connectivity index (χ3n) is 2.14. The molecule has 0 saturated carbocycles. The maximum absolute atomic E-state index is 10.5. The van der Waals surface area contributed by atoms with Crippen LogP contribution in [-0.4, -0.2) is 9.91 Å². The molecule has 0 unspecified atom stereocenters. The fourth-order valence-corrected chi connectivity index (χ4v) is 1.37. The van der Waals surface area contributed by atoms with E-state index in [4.69, 9.17) is 5.73 Å². The molecule has 0 atom stereocenters. The van der Waals surface area contributed by atoms with Gasteiger partial charge in [0, 0.05) is 17.7 Å². The van der Waals surface area contributed by atoms with E-state index in [1.807, 2.05) is 0 Å². The van der Waals surface area contributed by atoms with Crippen molar-refractivity contribution < 1.29 is 4.92 Å². The van der Waals surface area contributed by atoms with Crippen molar-refractivity contribution >= 4 is 11.5 Å². The second kappa shape index (κ2) is 3.98. The molecular formula is C11H9N3O2. The monoisotopic (exact) mass is 215 g/mol. The Morgan fingerprint density at radius 2 is 1.81 bits per heavy atom. The van der Waals surface area contributed by atoms with Crippen molar-refractivity contribution in [3.8, 4) is 11.3 Å². The van der Waals surface area contributed by atoms with Gasteiger partial charge in [-0.1, -0.05) is 6.07 Å². The molecule has 0 spiro atoms. The van der Waals surface area contributed by atoms with Crippen molar-refractivity contribution in [2.45, 2.75) is 0 Å².